The Labute approximate surface area is 115 Å². The van der Waals surface area contributed by atoms with Gasteiger partial charge in [0, 0.05) is 11.9 Å². The topological polar surface area (TPSA) is 67.8 Å². The van der Waals surface area contributed by atoms with E-state index in [9.17, 15) is 4.79 Å². The summed E-state index contributed by atoms with van der Waals surface area (Å²) in [6.45, 7) is 1.95. The number of ether oxygens (including phenoxy) is 2. The first-order valence-electron chi connectivity index (χ1n) is 5.95. The Morgan fingerprint density at radius 3 is 3.21 bits per heavy atom. The SMILES string of the molecule is O=C(NCC1COCCO1)c1csc(C#CCO)c1. The summed E-state index contributed by atoms with van der Waals surface area (Å²) in [5, 5.41) is 13.1. The fraction of sp³-hybridized carbons (Fsp3) is 0.462. The second kappa shape index (κ2) is 7.26. The molecule has 0 aliphatic carbocycles. The quantitative estimate of drug-likeness (QED) is 0.779. The van der Waals surface area contributed by atoms with Crippen molar-refractivity contribution < 1.29 is 19.4 Å². The molecular weight excluding hydrogens is 266 g/mol. The largest absolute Gasteiger partial charge is 0.384 e. The van der Waals surface area contributed by atoms with Gasteiger partial charge in [-0.2, -0.15) is 0 Å². The van der Waals surface area contributed by atoms with Crippen molar-refractivity contribution in [2.75, 3.05) is 33.0 Å². The van der Waals surface area contributed by atoms with Crippen molar-refractivity contribution in [3.8, 4) is 11.8 Å². The maximum Gasteiger partial charge on any atom is 0.252 e. The van der Waals surface area contributed by atoms with Crippen LogP contribution >= 0.6 is 11.3 Å². The van der Waals surface area contributed by atoms with E-state index in [1.54, 1.807) is 11.4 Å². The van der Waals surface area contributed by atoms with Gasteiger partial charge in [-0.15, -0.1) is 11.3 Å². The summed E-state index contributed by atoms with van der Waals surface area (Å²) in [7, 11) is 0. The van der Waals surface area contributed by atoms with E-state index in [4.69, 9.17) is 14.6 Å². The number of hydrogen-bond acceptors (Lipinski definition) is 5. The fourth-order valence-corrected chi connectivity index (χ4v) is 2.37. The van der Waals surface area contributed by atoms with Crippen LogP contribution in [0.2, 0.25) is 0 Å². The van der Waals surface area contributed by atoms with Crippen LogP contribution in [-0.2, 0) is 9.47 Å². The molecule has 102 valence electrons. The van der Waals surface area contributed by atoms with Crippen LogP contribution in [0.3, 0.4) is 0 Å². The zero-order valence-electron chi connectivity index (χ0n) is 10.3. The van der Waals surface area contributed by atoms with Gasteiger partial charge in [-0.05, 0) is 6.07 Å². The molecule has 2 heterocycles. The van der Waals surface area contributed by atoms with Gasteiger partial charge in [0.15, 0.2) is 0 Å². The Morgan fingerprint density at radius 2 is 2.47 bits per heavy atom. The first-order chi connectivity index (χ1) is 9.29. The predicted molar refractivity (Wildman–Crippen MR) is 71.2 cm³/mol. The molecule has 1 amide bonds. The normalized spacial score (nSPS) is 18.5. The van der Waals surface area contributed by atoms with E-state index >= 15 is 0 Å². The molecule has 5 nitrogen and oxygen atoms in total. The highest BCUT2D eigenvalue weighted by Crippen LogP contribution is 2.13. The minimum Gasteiger partial charge on any atom is -0.384 e. The van der Waals surface area contributed by atoms with Crippen molar-refractivity contribution >= 4 is 17.2 Å². The van der Waals surface area contributed by atoms with E-state index < -0.39 is 0 Å². The standard InChI is InChI=1S/C13H15NO4S/c15-3-1-2-12-6-10(9-19-12)13(16)14-7-11-8-17-4-5-18-11/h6,9,11,15H,3-5,7-8H2,(H,14,16). The van der Waals surface area contributed by atoms with Crippen LogP contribution in [-0.4, -0.2) is 50.1 Å². The minimum atomic E-state index is -0.182. The van der Waals surface area contributed by atoms with Crippen molar-refractivity contribution in [3.63, 3.8) is 0 Å². The van der Waals surface area contributed by atoms with E-state index in [0.717, 1.165) is 4.88 Å². The van der Waals surface area contributed by atoms with E-state index in [2.05, 4.69) is 17.2 Å². The van der Waals surface area contributed by atoms with Crippen LogP contribution in [0.25, 0.3) is 0 Å². The van der Waals surface area contributed by atoms with Crippen LogP contribution in [0, 0.1) is 11.8 Å². The Kier molecular flexibility index (Phi) is 5.36. The molecule has 1 atom stereocenters. The molecule has 1 aliphatic heterocycles. The molecule has 1 unspecified atom stereocenters. The van der Waals surface area contributed by atoms with Crippen LogP contribution < -0.4 is 5.32 Å². The highest BCUT2D eigenvalue weighted by Gasteiger charge is 2.16. The molecule has 2 rings (SSSR count). The van der Waals surface area contributed by atoms with Gasteiger partial charge in [-0.1, -0.05) is 11.8 Å². The highest BCUT2D eigenvalue weighted by atomic mass is 32.1. The molecule has 0 saturated carbocycles. The van der Waals surface area contributed by atoms with E-state index in [-0.39, 0.29) is 18.6 Å². The Balaban J connectivity index is 1.83. The van der Waals surface area contributed by atoms with Gasteiger partial charge >= 0.3 is 0 Å². The lowest BCUT2D eigenvalue weighted by atomic mass is 10.2. The number of aliphatic hydroxyl groups excluding tert-OH is 1. The molecule has 1 saturated heterocycles. The third-order valence-electron chi connectivity index (χ3n) is 2.53. The summed E-state index contributed by atoms with van der Waals surface area (Å²) in [6.07, 6.45) is -0.0787. The molecule has 19 heavy (non-hydrogen) atoms. The van der Waals surface area contributed by atoms with Crippen LogP contribution in [0.4, 0.5) is 0 Å². The van der Waals surface area contributed by atoms with Gasteiger partial charge in [0.1, 0.15) is 6.61 Å². The lowest BCUT2D eigenvalue weighted by Gasteiger charge is -2.22. The number of hydrogen-bond donors (Lipinski definition) is 2. The summed E-state index contributed by atoms with van der Waals surface area (Å²) < 4.78 is 10.7. The van der Waals surface area contributed by atoms with Gasteiger partial charge in [-0.25, -0.2) is 0 Å². The summed E-state index contributed by atoms with van der Waals surface area (Å²) in [5.74, 6) is 5.17. The van der Waals surface area contributed by atoms with Gasteiger partial charge < -0.3 is 19.9 Å². The van der Waals surface area contributed by atoms with Crippen molar-refractivity contribution in [1.82, 2.24) is 5.32 Å². The minimum absolute atomic E-state index is 0.0787. The van der Waals surface area contributed by atoms with Gasteiger partial charge in [0.2, 0.25) is 0 Å². The monoisotopic (exact) mass is 281 g/mol. The van der Waals surface area contributed by atoms with Crippen LogP contribution in [0.5, 0.6) is 0 Å². The number of rotatable bonds is 3. The summed E-state index contributed by atoms with van der Waals surface area (Å²) >= 11 is 1.38. The zero-order chi connectivity index (χ0) is 13.5. The second-order valence-corrected chi connectivity index (χ2v) is 4.85. The lowest BCUT2D eigenvalue weighted by molar-refractivity contribution is -0.0855. The molecule has 0 spiro atoms. The predicted octanol–water partition coefficient (Wildman–Crippen LogP) is 0.237. The third-order valence-corrected chi connectivity index (χ3v) is 3.37. The van der Waals surface area contributed by atoms with Gasteiger partial charge in [-0.3, -0.25) is 4.79 Å². The molecule has 0 radical (unpaired) electrons. The fourth-order valence-electron chi connectivity index (χ4n) is 1.61. The smallest absolute Gasteiger partial charge is 0.252 e. The van der Waals surface area contributed by atoms with Crippen molar-refractivity contribution in [3.05, 3.63) is 21.9 Å². The van der Waals surface area contributed by atoms with Gasteiger partial charge in [0.05, 0.1) is 36.4 Å². The van der Waals surface area contributed by atoms with Crippen LogP contribution in [0.1, 0.15) is 15.2 Å². The number of amides is 1. The first-order valence-corrected chi connectivity index (χ1v) is 6.83. The molecule has 6 heteroatoms. The maximum atomic E-state index is 11.9. The number of carbonyl (C=O) groups is 1. The van der Waals surface area contributed by atoms with Crippen molar-refractivity contribution in [2.45, 2.75) is 6.10 Å². The van der Waals surface area contributed by atoms with Crippen LogP contribution in [0.15, 0.2) is 11.4 Å². The average molecular weight is 281 g/mol. The van der Waals surface area contributed by atoms with Gasteiger partial charge in [0.25, 0.3) is 5.91 Å². The maximum absolute atomic E-state index is 11.9. The Morgan fingerprint density at radius 1 is 1.58 bits per heavy atom. The summed E-state index contributed by atoms with van der Waals surface area (Å²) in [6, 6.07) is 1.71. The van der Waals surface area contributed by atoms with E-state index in [1.165, 1.54) is 11.3 Å². The number of thiophene rings is 1. The molecular formula is C13H15NO4S. The molecule has 1 aromatic heterocycles. The summed E-state index contributed by atoms with van der Waals surface area (Å²) in [5.41, 5.74) is 0.573. The number of carbonyl (C=O) groups excluding carboxylic acids is 1. The van der Waals surface area contributed by atoms with Crippen molar-refractivity contribution in [1.29, 1.82) is 0 Å². The molecule has 1 aromatic rings. The molecule has 0 aromatic carbocycles. The molecule has 0 bridgehead atoms. The molecule has 1 fully saturated rings. The zero-order valence-corrected chi connectivity index (χ0v) is 11.2. The molecule has 2 N–H and O–H groups in total. The number of nitrogens with one attached hydrogen (secondary N) is 1. The summed E-state index contributed by atoms with van der Waals surface area (Å²) in [4.78, 5) is 12.6. The average Bonchev–Trinajstić information content (AvgIpc) is 2.92. The Bertz CT molecular complexity index is 482. The first kappa shape index (κ1) is 14.0. The third kappa shape index (κ3) is 4.33. The van der Waals surface area contributed by atoms with E-state index in [1.807, 2.05) is 0 Å². The molecule has 1 aliphatic rings. The van der Waals surface area contributed by atoms with E-state index in [0.29, 0.717) is 31.9 Å². The Hall–Kier alpha value is -1.39. The second-order valence-electron chi connectivity index (χ2n) is 3.94. The number of aliphatic hydroxyl groups is 1. The lowest BCUT2D eigenvalue weighted by Crippen LogP contribution is -2.39. The van der Waals surface area contributed by atoms with Crippen molar-refractivity contribution in [2.24, 2.45) is 0 Å². The highest BCUT2D eigenvalue weighted by molar-refractivity contribution is 7.10.